The van der Waals surface area contributed by atoms with Crippen molar-refractivity contribution in [1.29, 1.82) is 0 Å². The summed E-state index contributed by atoms with van der Waals surface area (Å²) in [5.74, 6) is 0. The molecule has 2 aromatic rings. The number of rotatable bonds is 7. The van der Waals surface area contributed by atoms with E-state index in [1.54, 1.807) is 0 Å². The summed E-state index contributed by atoms with van der Waals surface area (Å²) in [4.78, 5) is 16.8. The van der Waals surface area contributed by atoms with E-state index >= 15 is 0 Å². The van der Waals surface area contributed by atoms with Gasteiger partial charge in [-0.3, -0.25) is 4.90 Å². The number of hydrogen-bond acceptors (Lipinski definition) is 3. The Hall–Kier alpha value is -2.33. The molecule has 0 bridgehead atoms. The van der Waals surface area contributed by atoms with Crippen LogP contribution in [0.2, 0.25) is 0 Å². The molecule has 1 atom stereocenters. The van der Waals surface area contributed by atoms with Gasteiger partial charge in [0.05, 0.1) is 5.54 Å². The zero-order valence-corrected chi connectivity index (χ0v) is 15.7. The van der Waals surface area contributed by atoms with E-state index in [0.717, 1.165) is 38.2 Å². The lowest BCUT2D eigenvalue weighted by molar-refractivity contribution is -0.0260. The summed E-state index contributed by atoms with van der Waals surface area (Å²) in [6.45, 7) is 8.15. The zero-order chi connectivity index (χ0) is 18.4. The summed E-state index contributed by atoms with van der Waals surface area (Å²) >= 11 is 0. The molecule has 3 rings (SSSR count). The summed E-state index contributed by atoms with van der Waals surface area (Å²) in [6.07, 6.45) is 0.803. The molecule has 0 aliphatic carbocycles. The highest BCUT2D eigenvalue weighted by molar-refractivity contribution is 5.70. The normalized spacial score (nSPS) is 19.3. The number of nitrogens with zero attached hydrogens (tertiary/aromatic N) is 2. The predicted molar refractivity (Wildman–Crippen MR) is 104 cm³/mol. The van der Waals surface area contributed by atoms with E-state index in [0.29, 0.717) is 6.61 Å². The number of amides is 1. The lowest BCUT2D eigenvalue weighted by atomic mass is 9.86. The third kappa shape index (κ3) is 4.44. The molecule has 138 valence electrons. The Morgan fingerprint density at radius 3 is 2.23 bits per heavy atom. The maximum Gasteiger partial charge on any atom is 0.410 e. The van der Waals surface area contributed by atoms with Gasteiger partial charge in [0.2, 0.25) is 0 Å². The number of ether oxygens (including phenoxy) is 1. The molecular weight excluding hydrogens is 324 g/mol. The van der Waals surface area contributed by atoms with E-state index in [9.17, 15) is 4.79 Å². The highest BCUT2D eigenvalue weighted by Crippen LogP contribution is 2.32. The number of carbonyl (C=O) groups excluding carboxylic acids is 1. The van der Waals surface area contributed by atoms with E-state index in [4.69, 9.17) is 4.74 Å². The molecule has 0 saturated carbocycles. The van der Waals surface area contributed by atoms with Crippen molar-refractivity contribution in [3.63, 3.8) is 0 Å². The molecule has 0 aromatic heterocycles. The second-order valence-electron chi connectivity index (χ2n) is 7.23. The first-order valence-corrected chi connectivity index (χ1v) is 9.35. The van der Waals surface area contributed by atoms with Crippen LogP contribution in [0.3, 0.4) is 0 Å². The second kappa shape index (κ2) is 8.37. The van der Waals surface area contributed by atoms with Crippen molar-refractivity contribution in [3.05, 3.63) is 71.8 Å². The van der Waals surface area contributed by atoms with Crippen LogP contribution < -0.4 is 0 Å². The topological polar surface area (TPSA) is 32.8 Å². The van der Waals surface area contributed by atoms with Gasteiger partial charge in [0.25, 0.3) is 0 Å². The van der Waals surface area contributed by atoms with Gasteiger partial charge in [-0.25, -0.2) is 4.79 Å². The summed E-state index contributed by atoms with van der Waals surface area (Å²) in [7, 11) is 0. The molecule has 1 fully saturated rings. The number of likely N-dealkylation sites (tertiary alicyclic amines) is 1. The van der Waals surface area contributed by atoms with Crippen LogP contribution in [0.25, 0.3) is 0 Å². The first kappa shape index (κ1) is 18.5. The van der Waals surface area contributed by atoms with Crippen LogP contribution >= 0.6 is 0 Å². The second-order valence-corrected chi connectivity index (χ2v) is 7.23. The van der Waals surface area contributed by atoms with Gasteiger partial charge < -0.3 is 9.64 Å². The predicted octanol–water partition coefficient (Wildman–Crippen LogP) is 4.31. The van der Waals surface area contributed by atoms with E-state index in [-0.39, 0.29) is 11.6 Å². The van der Waals surface area contributed by atoms with Crippen LogP contribution in [-0.2, 0) is 17.9 Å². The lowest BCUT2D eigenvalue weighted by Gasteiger charge is -2.51. The molecule has 4 nitrogen and oxygen atoms in total. The minimum atomic E-state index is -0.210. The van der Waals surface area contributed by atoms with Gasteiger partial charge in [-0.05, 0) is 31.0 Å². The third-order valence-corrected chi connectivity index (χ3v) is 5.21. The number of benzene rings is 2. The summed E-state index contributed by atoms with van der Waals surface area (Å²) in [5, 5.41) is 0. The molecule has 26 heavy (non-hydrogen) atoms. The molecule has 0 unspecified atom stereocenters. The highest BCUT2D eigenvalue weighted by Gasteiger charge is 2.45. The van der Waals surface area contributed by atoms with Crippen molar-refractivity contribution in [2.45, 2.75) is 39.0 Å². The van der Waals surface area contributed by atoms with Crippen LogP contribution in [0, 0.1) is 0 Å². The average Bonchev–Trinajstić information content (AvgIpc) is 2.66. The SMILES string of the molecule is CCN(Cc1ccccc1)C[C@@]1(C)CCN1C(=O)OCc1ccccc1. The van der Waals surface area contributed by atoms with Crippen molar-refractivity contribution < 1.29 is 9.53 Å². The smallest absolute Gasteiger partial charge is 0.410 e. The van der Waals surface area contributed by atoms with Crippen LogP contribution in [-0.4, -0.2) is 41.1 Å². The molecule has 0 radical (unpaired) electrons. The monoisotopic (exact) mass is 352 g/mol. The Morgan fingerprint density at radius 1 is 1.08 bits per heavy atom. The van der Waals surface area contributed by atoms with E-state index < -0.39 is 0 Å². The van der Waals surface area contributed by atoms with Crippen LogP contribution in [0.5, 0.6) is 0 Å². The zero-order valence-electron chi connectivity index (χ0n) is 15.7. The third-order valence-electron chi connectivity index (χ3n) is 5.21. The molecule has 1 amide bonds. The maximum absolute atomic E-state index is 12.5. The number of likely N-dealkylation sites (N-methyl/N-ethyl adjacent to an activating group) is 1. The van der Waals surface area contributed by atoms with Crippen LogP contribution in [0.1, 0.15) is 31.4 Å². The molecule has 4 heteroatoms. The molecule has 1 heterocycles. The van der Waals surface area contributed by atoms with Crippen molar-refractivity contribution in [2.24, 2.45) is 0 Å². The lowest BCUT2D eigenvalue weighted by Crippen LogP contribution is -2.64. The van der Waals surface area contributed by atoms with Crippen molar-refractivity contribution >= 4 is 6.09 Å². The molecule has 2 aromatic carbocycles. The van der Waals surface area contributed by atoms with Gasteiger partial charge in [-0.15, -0.1) is 0 Å². The van der Waals surface area contributed by atoms with Gasteiger partial charge in [0.1, 0.15) is 6.61 Å². The first-order valence-electron chi connectivity index (χ1n) is 9.35. The van der Waals surface area contributed by atoms with Gasteiger partial charge in [-0.2, -0.15) is 0 Å². The minimum absolute atomic E-state index is 0.154. The Bertz CT molecular complexity index is 705. The Morgan fingerprint density at radius 2 is 1.69 bits per heavy atom. The highest BCUT2D eigenvalue weighted by atomic mass is 16.6. The summed E-state index contributed by atoms with van der Waals surface area (Å²) < 4.78 is 5.53. The maximum atomic E-state index is 12.5. The number of carbonyl (C=O) groups is 1. The van der Waals surface area contributed by atoms with E-state index in [1.165, 1.54) is 5.56 Å². The fourth-order valence-electron chi connectivity index (χ4n) is 3.48. The van der Waals surface area contributed by atoms with Crippen molar-refractivity contribution in [3.8, 4) is 0 Å². The largest absolute Gasteiger partial charge is 0.445 e. The fraction of sp³-hybridized carbons (Fsp3) is 0.409. The molecule has 0 spiro atoms. The molecule has 1 saturated heterocycles. The molecule has 1 aliphatic heterocycles. The van der Waals surface area contributed by atoms with Crippen molar-refractivity contribution in [1.82, 2.24) is 9.80 Å². The Kier molecular flexibility index (Phi) is 5.94. The van der Waals surface area contributed by atoms with Gasteiger partial charge >= 0.3 is 6.09 Å². The molecular formula is C22H28N2O2. The van der Waals surface area contributed by atoms with Crippen molar-refractivity contribution in [2.75, 3.05) is 19.6 Å². The standard InChI is InChI=1S/C22H28N2O2/c1-3-23(16-19-10-6-4-7-11-19)18-22(2)14-15-24(22)21(25)26-17-20-12-8-5-9-13-20/h4-13H,3,14-18H2,1-2H3/t22-/m1/s1. The number of hydrogen-bond donors (Lipinski definition) is 0. The molecule has 0 N–H and O–H groups in total. The minimum Gasteiger partial charge on any atom is -0.445 e. The van der Waals surface area contributed by atoms with E-state index in [2.05, 4.69) is 43.0 Å². The van der Waals surface area contributed by atoms with Gasteiger partial charge in [0, 0.05) is 19.6 Å². The first-order chi connectivity index (χ1) is 12.6. The van der Waals surface area contributed by atoms with Gasteiger partial charge in [0.15, 0.2) is 0 Å². The fourth-order valence-corrected chi connectivity index (χ4v) is 3.48. The average molecular weight is 352 g/mol. The van der Waals surface area contributed by atoms with Crippen LogP contribution in [0.15, 0.2) is 60.7 Å². The van der Waals surface area contributed by atoms with Gasteiger partial charge in [-0.1, -0.05) is 67.6 Å². The quantitative estimate of drug-likeness (QED) is 0.744. The Balaban J connectivity index is 1.55. The summed E-state index contributed by atoms with van der Waals surface area (Å²) in [5.41, 5.74) is 2.16. The molecule has 1 aliphatic rings. The van der Waals surface area contributed by atoms with Crippen LogP contribution in [0.4, 0.5) is 4.79 Å². The summed E-state index contributed by atoms with van der Waals surface area (Å²) in [6, 6.07) is 20.3. The van der Waals surface area contributed by atoms with E-state index in [1.807, 2.05) is 41.3 Å². The Labute approximate surface area is 156 Å².